The molecule has 4 aromatic rings. The number of carboxylic acid groups (broad SMARTS) is 1. The first-order valence-electron chi connectivity index (χ1n) is 13.5. The third-order valence-corrected chi connectivity index (χ3v) is 7.57. The van der Waals surface area contributed by atoms with Gasteiger partial charge in [-0.3, -0.25) is 14.7 Å². The van der Waals surface area contributed by atoms with Crippen molar-refractivity contribution in [3.8, 4) is 0 Å². The van der Waals surface area contributed by atoms with Crippen LogP contribution < -0.4 is 4.90 Å². The van der Waals surface area contributed by atoms with Gasteiger partial charge in [0.25, 0.3) is 0 Å². The monoisotopic (exact) mass is 544 g/mol. The molecule has 2 aliphatic rings. The van der Waals surface area contributed by atoms with E-state index in [-0.39, 0.29) is 31.6 Å². The van der Waals surface area contributed by atoms with Gasteiger partial charge in [0.15, 0.2) is 0 Å². The fourth-order valence-electron chi connectivity index (χ4n) is 5.55. The fraction of sp³-hybridized carbons (Fsp3) is 0.152. The number of para-hydroxylation sites is 3. The smallest absolute Gasteiger partial charge is 0.329 e. The molecular formula is C33H28N4O4. The molecule has 6 rings (SSSR count). The Labute approximate surface area is 237 Å². The molecule has 8 nitrogen and oxygen atoms in total. The molecule has 204 valence electrons. The number of aliphatic carboxylic acids is 1. The first-order valence-corrected chi connectivity index (χ1v) is 13.5. The number of fused-ring (bicyclic) bond motifs is 2. The van der Waals surface area contributed by atoms with Crippen molar-refractivity contribution in [2.24, 2.45) is 4.99 Å². The maximum Gasteiger partial charge on any atom is 0.329 e. The van der Waals surface area contributed by atoms with E-state index in [0.29, 0.717) is 17.1 Å². The molecule has 1 fully saturated rings. The van der Waals surface area contributed by atoms with E-state index in [4.69, 9.17) is 0 Å². The molecule has 3 amide bonds. The van der Waals surface area contributed by atoms with Gasteiger partial charge in [-0.15, -0.1) is 0 Å². The lowest BCUT2D eigenvalue weighted by molar-refractivity contribution is -0.153. The second-order valence-electron chi connectivity index (χ2n) is 10.0. The Balaban J connectivity index is 1.32. The molecule has 1 saturated heterocycles. The Morgan fingerprint density at radius 2 is 1.32 bits per heavy atom. The van der Waals surface area contributed by atoms with Crippen molar-refractivity contribution >= 4 is 41.2 Å². The van der Waals surface area contributed by atoms with Crippen molar-refractivity contribution in [1.82, 2.24) is 9.80 Å². The number of rotatable bonds is 4. The SMILES string of the molecule is O=C(O)[C@@H]1CN(C(=O)N2c3ccccc3C=Nc3ccccc32)CCN1C(=O)C(c1ccccc1)c1ccccc1. The molecule has 41 heavy (non-hydrogen) atoms. The zero-order valence-corrected chi connectivity index (χ0v) is 22.2. The van der Waals surface area contributed by atoms with Gasteiger partial charge in [-0.05, 0) is 29.3 Å². The molecule has 0 bridgehead atoms. The van der Waals surface area contributed by atoms with Gasteiger partial charge in [-0.2, -0.15) is 0 Å². The summed E-state index contributed by atoms with van der Waals surface area (Å²) in [6.07, 6.45) is 1.73. The third kappa shape index (κ3) is 4.96. The van der Waals surface area contributed by atoms with E-state index >= 15 is 0 Å². The van der Waals surface area contributed by atoms with E-state index in [1.807, 2.05) is 109 Å². The summed E-state index contributed by atoms with van der Waals surface area (Å²) in [6.45, 7) is 0.135. The number of urea groups is 1. The molecule has 0 aliphatic carbocycles. The van der Waals surface area contributed by atoms with Gasteiger partial charge >= 0.3 is 12.0 Å². The van der Waals surface area contributed by atoms with Crippen LogP contribution in [0.3, 0.4) is 0 Å². The third-order valence-electron chi connectivity index (χ3n) is 7.57. The second kappa shape index (κ2) is 11.1. The topological polar surface area (TPSA) is 93.5 Å². The standard InChI is InChI=1S/C33H28N4O4/c38-31(30(23-11-3-1-4-12-23)24-13-5-2-6-14-24)36-20-19-35(22-29(36)32(39)40)33(41)37-27-17-9-7-15-25(27)21-34-26-16-8-10-18-28(26)37/h1-18,21,29-30H,19-20,22H2,(H,39,40)/t29-/m0/s1. The molecule has 2 aliphatic heterocycles. The van der Waals surface area contributed by atoms with Crippen molar-refractivity contribution in [3.63, 3.8) is 0 Å². The van der Waals surface area contributed by atoms with E-state index in [1.165, 1.54) is 9.80 Å². The van der Waals surface area contributed by atoms with Crippen LogP contribution in [0.4, 0.5) is 21.9 Å². The number of hydrogen-bond acceptors (Lipinski definition) is 4. The summed E-state index contributed by atoms with van der Waals surface area (Å²) in [5.41, 5.74) is 4.23. The van der Waals surface area contributed by atoms with Gasteiger partial charge < -0.3 is 14.9 Å². The number of piperazine rings is 1. The zero-order valence-electron chi connectivity index (χ0n) is 22.2. The first-order chi connectivity index (χ1) is 20.0. The number of amides is 3. The first kappa shape index (κ1) is 26.0. The molecular weight excluding hydrogens is 516 g/mol. The Morgan fingerprint density at radius 3 is 1.98 bits per heavy atom. The quantitative estimate of drug-likeness (QED) is 0.370. The summed E-state index contributed by atoms with van der Waals surface area (Å²) in [6, 6.07) is 32.0. The van der Waals surface area contributed by atoms with Crippen molar-refractivity contribution < 1.29 is 19.5 Å². The molecule has 4 aromatic carbocycles. The average molecular weight is 545 g/mol. The van der Waals surface area contributed by atoms with Crippen molar-refractivity contribution in [3.05, 3.63) is 126 Å². The lowest BCUT2D eigenvalue weighted by Crippen LogP contribution is -2.61. The van der Waals surface area contributed by atoms with E-state index < -0.39 is 17.9 Å². The predicted octanol–water partition coefficient (Wildman–Crippen LogP) is 5.44. The molecule has 8 heteroatoms. The maximum atomic E-state index is 14.2. The van der Waals surface area contributed by atoms with Gasteiger partial charge in [0.05, 0.1) is 29.5 Å². The van der Waals surface area contributed by atoms with Crippen LogP contribution in [0.15, 0.2) is 114 Å². The van der Waals surface area contributed by atoms with Gasteiger partial charge in [0.2, 0.25) is 5.91 Å². The van der Waals surface area contributed by atoms with Crippen molar-refractivity contribution in [1.29, 1.82) is 0 Å². The normalized spacial score (nSPS) is 16.1. The van der Waals surface area contributed by atoms with Crippen LogP contribution in [-0.2, 0) is 9.59 Å². The highest BCUT2D eigenvalue weighted by atomic mass is 16.4. The molecule has 0 saturated carbocycles. The van der Waals surface area contributed by atoms with Gasteiger partial charge in [-0.25, -0.2) is 9.59 Å². The summed E-state index contributed by atoms with van der Waals surface area (Å²) in [5.74, 6) is -2.13. The Hall–Kier alpha value is -5.24. The molecule has 1 N–H and O–H groups in total. The van der Waals surface area contributed by atoms with Crippen LogP contribution in [0.5, 0.6) is 0 Å². The molecule has 0 radical (unpaired) electrons. The highest BCUT2D eigenvalue weighted by Crippen LogP contribution is 2.39. The van der Waals surface area contributed by atoms with Crippen LogP contribution in [0, 0.1) is 0 Å². The number of carbonyl (C=O) groups is 3. The number of carbonyl (C=O) groups excluding carboxylic acids is 2. The van der Waals surface area contributed by atoms with Gasteiger partial charge in [0, 0.05) is 24.9 Å². The minimum Gasteiger partial charge on any atom is -0.480 e. The Kier molecular flexibility index (Phi) is 7.04. The van der Waals surface area contributed by atoms with E-state index in [2.05, 4.69) is 4.99 Å². The van der Waals surface area contributed by atoms with E-state index in [9.17, 15) is 19.5 Å². The molecule has 2 heterocycles. The number of benzene rings is 4. The molecule has 0 unspecified atom stereocenters. The maximum absolute atomic E-state index is 14.2. The molecule has 1 atom stereocenters. The van der Waals surface area contributed by atoms with E-state index in [1.54, 1.807) is 11.1 Å². The van der Waals surface area contributed by atoms with Crippen LogP contribution in [0.2, 0.25) is 0 Å². The summed E-state index contributed by atoms with van der Waals surface area (Å²) in [4.78, 5) is 49.9. The lowest BCUT2D eigenvalue weighted by Gasteiger charge is -2.42. The second-order valence-corrected chi connectivity index (χ2v) is 10.0. The van der Waals surface area contributed by atoms with Gasteiger partial charge in [-0.1, -0.05) is 91.0 Å². The predicted molar refractivity (Wildman–Crippen MR) is 157 cm³/mol. The molecule has 0 spiro atoms. The highest BCUT2D eigenvalue weighted by molar-refractivity contribution is 6.08. The number of nitrogens with zero attached hydrogens (tertiary/aromatic N) is 4. The van der Waals surface area contributed by atoms with E-state index in [0.717, 1.165) is 16.7 Å². The summed E-state index contributed by atoms with van der Waals surface area (Å²) in [5, 5.41) is 10.3. The van der Waals surface area contributed by atoms with Crippen molar-refractivity contribution in [2.75, 3.05) is 24.5 Å². The minimum atomic E-state index is -1.20. The summed E-state index contributed by atoms with van der Waals surface area (Å²) < 4.78 is 0. The number of hydrogen-bond donors (Lipinski definition) is 1. The van der Waals surface area contributed by atoms with Gasteiger partial charge in [0.1, 0.15) is 6.04 Å². The largest absolute Gasteiger partial charge is 0.480 e. The summed E-state index contributed by atoms with van der Waals surface area (Å²) in [7, 11) is 0. The Morgan fingerprint density at radius 1 is 0.732 bits per heavy atom. The van der Waals surface area contributed by atoms with Crippen LogP contribution in [0.1, 0.15) is 22.6 Å². The van der Waals surface area contributed by atoms with Crippen LogP contribution >= 0.6 is 0 Å². The van der Waals surface area contributed by atoms with Crippen LogP contribution in [0.25, 0.3) is 0 Å². The Bertz CT molecular complexity index is 1530. The summed E-state index contributed by atoms with van der Waals surface area (Å²) >= 11 is 0. The number of anilines is 2. The lowest BCUT2D eigenvalue weighted by atomic mass is 9.89. The minimum absolute atomic E-state index is 0.0886. The fourth-order valence-corrected chi connectivity index (χ4v) is 5.55. The zero-order chi connectivity index (χ0) is 28.3. The van der Waals surface area contributed by atoms with Crippen molar-refractivity contribution in [2.45, 2.75) is 12.0 Å². The average Bonchev–Trinajstić information content (AvgIpc) is 3.18. The van der Waals surface area contributed by atoms with Crippen LogP contribution in [-0.4, -0.2) is 64.7 Å². The molecule has 0 aromatic heterocycles. The highest BCUT2D eigenvalue weighted by Gasteiger charge is 2.41. The number of carboxylic acids is 1. The number of aliphatic imine (C=N–C) groups is 1.